The molecule has 1 atom stereocenters. The van der Waals surface area contributed by atoms with Gasteiger partial charge in [0.2, 0.25) is 0 Å². The Morgan fingerprint density at radius 1 is 1.58 bits per heavy atom. The maximum atomic E-state index is 13.3. The van der Waals surface area contributed by atoms with Crippen LogP contribution in [0, 0.1) is 10.1 Å². The summed E-state index contributed by atoms with van der Waals surface area (Å²) in [7, 11) is 1.11. The first kappa shape index (κ1) is 15.1. The molecule has 19 heavy (non-hydrogen) atoms. The molecule has 0 aliphatic heterocycles. The molecule has 0 heterocycles. The van der Waals surface area contributed by atoms with Crippen molar-refractivity contribution in [3.63, 3.8) is 0 Å². The summed E-state index contributed by atoms with van der Waals surface area (Å²) in [6.07, 6.45) is 0. The van der Waals surface area contributed by atoms with E-state index in [2.05, 4.69) is 4.74 Å². The first-order chi connectivity index (χ1) is 8.74. The van der Waals surface area contributed by atoms with Gasteiger partial charge in [0.25, 0.3) is 11.6 Å². The van der Waals surface area contributed by atoms with Crippen molar-refractivity contribution in [2.75, 3.05) is 13.7 Å². The fourth-order valence-electron chi connectivity index (χ4n) is 1.44. The van der Waals surface area contributed by atoms with Gasteiger partial charge in [-0.3, -0.25) is 10.1 Å². The Balaban J connectivity index is 3.41. The minimum Gasteiger partial charge on any atom is -0.504 e. The summed E-state index contributed by atoms with van der Waals surface area (Å²) < 4.78 is 31.2. The van der Waals surface area contributed by atoms with E-state index >= 15 is 0 Å². The molecule has 0 saturated carbocycles. The lowest BCUT2D eigenvalue weighted by atomic mass is 9.99. The number of aliphatic hydroxyl groups is 1. The number of methoxy groups -OCH3 is 1. The number of hydrogen-bond acceptors (Lipinski definition) is 6. The predicted molar refractivity (Wildman–Crippen MR) is 60.3 cm³/mol. The zero-order chi connectivity index (χ0) is 14.8. The maximum Gasteiger partial charge on any atom is 0.289 e. The van der Waals surface area contributed by atoms with E-state index in [1.807, 2.05) is 0 Å². The average molecular weight is 278 g/mol. The highest BCUT2D eigenvalue weighted by atomic mass is 19.3. The highest BCUT2D eigenvalue weighted by Gasteiger charge is 2.40. The predicted octanol–water partition coefficient (Wildman–Crippen LogP) is 0.936. The number of nitrogens with zero attached hydrogens (tertiary/aromatic N) is 1. The van der Waals surface area contributed by atoms with Gasteiger partial charge in [-0.15, -0.1) is 0 Å². The maximum absolute atomic E-state index is 13.3. The fraction of sp³-hybridized carbons (Fsp3) is 0.400. The van der Waals surface area contributed by atoms with Gasteiger partial charge in [0.05, 0.1) is 18.1 Å². The summed E-state index contributed by atoms with van der Waals surface area (Å²) in [6, 6.07) is -0.513. The van der Waals surface area contributed by atoms with E-state index in [-0.39, 0.29) is 5.75 Å². The van der Waals surface area contributed by atoms with E-state index in [0.717, 1.165) is 13.2 Å². The third-order valence-electron chi connectivity index (χ3n) is 2.52. The molecule has 106 valence electrons. The molecule has 1 rings (SSSR count). The van der Waals surface area contributed by atoms with Crippen molar-refractivity contribution in [2.24, 2.45) is 5.73 Å². The Morgan fingerprint density at radius 2 is 2.16 bits per heavy atom. The summed E-state index contributed by atoms with van der Waals surface area (Å²) in [4.78, 5) is 9.83. The number of ether oxygens (including phenoxy) is 1. The zero-order valence-corrected chi connectivity index (χ0v) is 9.84. The molecule has 1 aromatic carbocycles. The van der Waals surface area contributed by atoms with Crippen LogP contribution in [0.3, 0.4) is 0 Å². The van der Waals surface area contributed by atoms with Crippen molar-refractivity contribution < 1.29 is 28.7 Å². The number of nitrogens with two attached hydrogens (primary N) is 1. The van der Waals surface area contributed by atoms with Crippen molar-refractivity contribution in [1.29, 1.82) is 0 Å². The van der Waals surface area contributed by atoms with Gasteiger partial charge >= 0.3 is 0 Å². The van der Waals surface area contributed by atoms with E-state index in [1.165, 1.54) is 0 Å². The van der Waals surface area contributed by atoms with Gasteiger partial charge in [-0.25, -0.2) is 8.78 Å². The molecule has 0 aliphatic carbocycles. The van der Waals surface area contributed by atoms with Crippen LogP contribution in [0.2, 0.25) is 0 Å². The monoisotopic (exact) mass is 278 g/mol. The third-order valence-corrected chi connectivity index (χ3v) is 2.52. The molecule has 0 amide bonds. The summed E-state index contributed by atoms with van der Waals surface area (Å²) in [6.45, 7) is -1.56. The highest BCUT2D eigenvalue weighted by Crippen LogP contribution is 2.41. The summed E-state index contributed by atoms with van der Waals surface area (Å²) in [5.74, 6) is -4.82. The van der Waals surface area contributed by atoms with E-state index in [0.29, 0.717) is 6.07 Å². The van der Waals surface area contributed by atoms with Gasteiger partial charge in [-0.2, -0.15) is 0 Å². The van der Waals surface area contributed by atoms with Gasteiger partial charge in [-0.05, 0) is 0 Å². The number of nitro groups is 1. The number of phenolic OH excluding ortho intramolecular Hbond substituents is 1. The van der Waals surface area contributed by atoms with E-state index in [4.69, 9.17) is 10.8 Å². The first-order valence-electron chi connectivity index (χ1n) is 5.04. The van der Waals surface area contributed by atoms with Crippen LogP contribution in [0.15, 0.2) is 12.1 Å². The number of phenols is 1. The van der Waals surface area contributed by atoms with Crippen molar-refractivity contribution >= 4 is 5.69 Å². The van der Waals surface area contributed by atoms with E-state index in [9.17, 15) is 24.0 Å². The number of hydrogen-bond donors (Lipinski definition) is 3. The highest BCUT2D eigenvalue weighted by molar-refractivity contribution is 5.55. The summed E-state index contributed by atoms with van der Waals surface area (Å²) >= 11 is 0. The number of aliphatic hydroxyl groups excluding tert-OH is 1. The molecule has 1 aromatic rings. The molecule has 0 spiro atoms. The van der Waals surface area contributed by atoms with Gasteiger partial charge < -0.3 is 20.7 Å². The van der Waals surface area contributed by atoms with Crippen LogP contribution in [0.25, 0.3) is 0 Å². The SMILES string of the molecule is COc1cc([N+](=O)[O-])cc([C@@H](N)C(F)(F)CO)c1O. The molecule has 9 heteroatoms. The topological polar surface area (TPSA) is 119 Å². The molecule has 0 aromatic heterocycles. The van der Waals surface area contributed by atoms with Crippen molar-refractivity contribution in [1.82, 2.24) is 0 Å². The van der Waals surface area contributed by atoms with E-state index < -0.39 is 40.5 Å². The normalized spacial score (nSPS) is 13.1. The fourth-order valence-corrected chi connectivity index (χ4v) is 1.44. The van der Waals surface area contributed by atoms with Gasteiger partial charge in [0.1, 0.15) is 12.6 Å². The molecule has 0 fully saturated rings. The number of nitro benzene ring substituents is 1. The smallest absolute Gasteiger partial charge is 0.289 e. The quantitative estimate of drug-likeness (QED) is 0.544. The number of aromatic hydroxyl groups is 1. The lowest BCUT2D eigenvalue weighted by molar-refractivity contribution is -0.385. The second-order valence-corrected chi connectivity index (χ2v) is 3.74. The van der Waals surface area contributed by atoms with Crippen LogP contribution in [0.4, 0.5) is 14.5 Å². The lowest BCUT2D eigenvalue weighted by Gasteiger charge is -2.22. The van der Waals surface area contributed by atoms with Crippen LogP contribution >= 0.6 is 0 Å². The lowest BCUT2D eigenvalue weighted by Crippen LogP contribution is -2.36. The molecule has 4 N–H and O–H groups in total. The molecule has 0 aliphatic rings. The number of alkyl halides is 2. The minimum absolute atomic E-state index is 0.353. The Labute approximate surface area is 106 Å². The number of non-ortho nitro benzene ring substituents is 1. The van der Waals surface area contributed by atoms with Crippen LogP contribution in [-0.2, 0) is 0 Å². The number of halogens is 2. The zero-order valence-electron chi connectivity index (χ0n) is 9.84. The molecule has 0 unspecified atom stereocenters. The van der Waals surface area contributed by atoms with Gasteiger partial charge in [0.15, 0.2) is 11.5 Å². The molecular formula is C10H12F2N2O5. The first-order valence-corrected chi connectivity index (χ1v) is 5.04. The van der Waals surface area contributed by atoms with Gasteiger partial charge in [-0.1, -0.05) is 0 Å². The minimum atomic E-state index is -3.74. The van der Waals surface area contributed by atoms with Gasteiger partial charge in [0, 0.05) is 11.6 Å². The molecule has 0 bridgehead atoms. The molecular weight excluding hydrogens is 266 g/mol. The molecule has 7 nitrogen and oxygen atoms in total. The Bertz CT molecular complexity index is 495. The van der Waals surface area contributed by atoms with Crippen LogP contribution < -0.4 is 10.5 Å². The number of rotatable bonds is 5. The van der Waals surface area contributed by atoms with E-state index in [1.54, 1.807) is 0 Å². The van der Waals surface area contributed by atoms with Crippen molar-refractivity contribution in [3.05, 3.63) is 27.8 Å². The van der Waals surface area contributed by atoms with Crippen molar-refractivity contribution in [3.8, 4) is 11.5 Å². The molecule has 0 saturated heterocycles. The van der Waals surface area contributed by atoms with Crippen molar-refractivity contribution in [2.45, 2.75) is 12.0 Å². The second-order valence-electron chi connectivity index (χ2n) is 3.74. The molecule has 0 radical (unpaired) electrons. The standard InChI is InChI=1S/C10H12F2N2O5/c1-19-7-3-5(14(17)18)2-6(8(7)16)9(13)10(11,12)4-15/h2-3,9,15-16H,4,13H2,1H3/t9-/m1/s1. The summed E-state index contributed by atoms with van der Waals surface area (Å²) in [5, 5.41) is 28.9. The number of benzene rings is 1. The Hall–Kier alpha value is -2.00. The Morgan fingerprint density at radius 3 is 2.58 bits per heavy atom. The third kappa shape index (κ3) is 2.88. The second kappa shape index (κ2) is 5.33. The van der Waals surface area contributed by atoms with Crippen LogP contribution in [-0.4, -0.2) is 34.8 Å². The Kier molecular flexibility index (Phi) is 4.22. The average Bonchev–Trinajstić information content (AvgIpc) is 2.37. The van der Waals surface area contributed by atoms with Crippen LogP contribution in [0.1, 0.15) is 11.6 Å². The van der Waals surface area contributed by atoms with Crippen LogP contribution in [0.5, 0.6) is 11.5 Å². The summed E-state index contributed by atoms with van der Waals surface area (Å²) in [5.41, 5.74) is 4.09. The largest absolute Gasteiger partial charge is 0.504 e.